The van der Waals surface area contributed by atoms with Gasteiger partial charge in [0.2, 0.25) is 5.91 Å². The number of hydrogen-bond donors (Lipinski definition) is 1. The molecule has 0 atom stereocenters. The average Bonchev–Trinajstić information content (AvgIpc) is 3.36. The second-order valence-electron chi connectivity index (χ2n) is 7.96. The molecule has 1 aliphatic carbocycles. The van der Waals surface area contributed by atoms with Crippen LogP contribution in [0.1, 0.15) is 54.4 Å². The van der Waals surface area contributed by atoms with Gasteiger partial charge in [0.25, 0.3) is 0 Å². The third kappa shape index (κ3) is 5.93. The summed E-state index contributed by atoms with van der Waals surface area (Å²) < 4.78 is 7.73. The van der Waals surface area contributed by atoms with Gasteiger partial charge in [0.1, 0.15) is 23.4 Å². The molecule has 1 N–H and O–H groups in total. The van der Waals surface area contributed by atoms with Crippen LogP contribution < -0.4 is 10.1 Å². The number of aryl methyl sites for hydroxylation is 1. The average molecular weight is 516 g/mol. The fourth-order valence-electron chi connectivity index (χ4n) is 3.95. The number of halogens is 1. The smallest absolute Gasteiger partial charge is 0.235 e. The zero-order chi connectivity index (χ0) is 23.9. The maximum atomic E-state index is 12.7. The van der Waals surface area contributed by atoms with E-state index in [1.807, 2.05) is 11.5 Å². The molecule has 0 aliphatic heterocycles. The molecule has 0 fully saturated rings. The van der Waals surface area contributed by atoms with E-state index < -0.39 is 0 Å². The third-order valence-electron chi connectivity index (χ3n) is 5.66. The second-order valence-corrected chi connectivity index (χ2v) is 10.4. The summed E-state index contributed by atoms with van der Waals surface area (Å²) in [6.45, 7) is 2.92. The molecule has 0 spiro atoms. The standard InChI is InChI=1S/C24H26ClN5O2S2/c1-2-30-21(14-32-17-11-9-16(25)10-12-17)28-29-24(30)33-15-22(31)27-23-19(13-26)18-7-5-3-4-6-8-20(18)34-23/h9-12H,2-8,14-15H2,1H3,(H,27,31). The molecule has 0 bridgehead atoms. The van der Waals surface area contributed by atoms with Crippen molar-refractivity contribution in [3.63, 3.8) is 0 Å². The van der Waals surface area contributed by atoms with Crippen molar-refractivity contribution < 1.29 is 9.53 Å². The normalized spacial score (nSPS) is 13.4. The number of rotatable bonds is 8. The summed E-state index contributed by atoms with van der Waals surface area (Å²) in [5.74, 6) is 1.41. The van der Waals surface area contributed by atoms with E-state index in [4.69, 9.17) is 16.3 Å². The number of aromatic nitrogens is 3. The molecule has 3 aromatic rings. The number of thioether (sulfide) groups is 1. The lowest BCUT2D eigenvalue weighted by molar-refractivity contribution is -0.113. The molecule has 7 nitrogen and oxygen atoms in total. The molecule has 2 heterocycles. The Morgan fingerprint density at radius 2 is 2.00 bits per heavy atom. The summed E-state index contributed by atoms with van der Waals surface area (Å²) in [6, 6.07) is 9.47. The molecule has 0 saturated carbocycles. The Bertz CT molecular complexity index is 1180. The number of nitriles is 1. The highest BCUT2D eigenvalue weighted by Gasteiger charge is 2.21. The molecular weight excluding hydrogens is 490 g/mol. The van der Waals surface area contributed by atoms with Crippen LogP contribution in [0.4, 0.5) is 5.00 Å². The lowest BCUT2D eigenvalue weighted by atomic mass is 9.97. The molecule has 10 heteroatoms. The maximum Gasteiger partial charge on any atom is 0.235 e. The van der Waals surface area contributed by atoms with Crippen LogP contribution in [0.3, 0.4) is 0 Å². The molecule has 0 saturated heterocycles. The van der Waals surface area contributed by atoms with Crippen LogP contribution in [-0.4, -0.2) is 26.4 Å². The van der Waals surface area contributed by atoms with Gasteiger partial charge in [-0.15, -0.1) is 21.5 Å². The summed E-state index contributed by atoms with van der Waals surface area (Å²) in [6.07, 6.45) is 6.56. The Morgan fingerprint density at radius 3 is 2.74 bits per heavy atom. The van der Waals surface area contributed by atoms with Gasteiger partial charge in [-0.1, -0.05) is 36.2 Å². The highest BCUT2D eigenvalue weighted by Crippen LogP contribution is 2.36. The number of nitrogens with one attached hydrogen (secondary N) is 1. The molecule has 1 aromatic carbocycles. The SMILES string of the molecule is CCn1c(COc2ccc(Cl)cc2)nnc1SCC(=O)Nc1sc2c(c1C#N)CCCCCC2. The van der Waals surface area contributed by atoms with Crippen molar-refractivity contribution in [2.75, 3.05) is 11.1 Å². The lowest BCUT2D eigenvalue weighted by Gasteiger charge is -2.09. The van der Waals surface area contributed by atoms with Gasteiger partial charge in [0, 0.05) is 16.4 Å². The molecule has 1 aliphatic rings. The van der Waals surface area contributed by atoms with E-state index in [0.29, 0.717) is 38.9 Å². The van der Waals surface area contributed by atoms with E-state index in [2.05, 4.69) is 21.6 Å². The van der Waals surface area contributed by atoms with Crippen LogP contribution >= 0.6 is 34.7 Å². The number of ether oxygens (including phenoxy) is 1. The van der Waals surface area contributed by atoms with E-state index in [0.717, 1.165) is 31.2 Å². The first-order chi connectivity index (χ1) is 16.6. The van der Waals surface area contributed by atoms with E-state index in [1.165, 1.54) is 29.5 Å². The zero-order valence-corrected chi connectivity index (χ0v) is 21.4. The van der Waals surface area contributed by atoms with Gasteiger partial charge < -0.3 is 14.6 Å². The third-order valence-corrected chi connectivity index (χ3v) is 8.09. The largest absolute Gasteiger partial charge is 0.486 e. The molecule has 4 rings (SSSR count). The van der Waals surface area contributed by atoms with Gasteiger partial charge in [-0.2, -0.15) is 5.26 Å². The van der Waals surface area contributed by atoms with Crippen LogP contribution in [0.15, 0.2) is 29.4 Å². The number of carbonyl (C=O) groups is 1. The predicted octanol–water partition coefficient (Wildman–Crippen LogP) is 5.85. The fraction of sp³-hybridized carbons (Fsp3) is 0.417. The first-order valence-electron chi connectivity index (χ1n) is 11.4. The van der Waals surface area contributed by atoms with E-state index in [1.54, 1.807) is 35.6 Å². The molecular formula is C24H26ClN5O2S2. The predicted molar refractivity (Wildman–Crippen MR) is 136 cm³/mol. The minimum atomic E-state index is -0.152. The first kappa shape index (κ1) is 24.6. The van der Waals surface area contributed by atoms with Gasteiger partial charge >= 0.3 is 0 Å². The van der Waals surface area contributed by atoms with E-state index in [9.17, 15) is 10.1 Å². The quantitative estimate of drug-likeness (QED) is 0.378. The topological polar surface area (TPSA) is 92.8 Å². The van der Waals surface area contributed by atoms with Crippen LogP contribution in [0.25, 0.3) is 0 Å². The minimum absolute atomic E-state index is 0.152. The summed E-state index contributed by atoms with van der Waals surface area (Å²) in [4.78, 5) is 14.0. The number of carbonyl (C=O) groups excluding carboxylic acids is 1. The monoisotopic (exact) mass is 515 g/mol. The van der Waals surface area contributed by atoms with Gasteiger partial charge in [-0.3, -0.25) is 4.79 Å². The van der Waals surface area contributed by atoms with Gasteiger partial charge in [-0.05, 0) is 62.4 Å². The van der Waals surface area contributed by atoms with Crippen molar-refractivity contribution in [3.05, 3.63) is 51.1 Å². The maximum absolute atomic E-state index is 12.7. The number of fused-ring (bicyclic) bond motifs is 1. The minimum Gasteiger partial charge on any atom is -0.486 e. The summed E-state index contributed by atoms with van der Waals surface area (Å²) in [5.41, 5.74) is 1.77. The van der Waals surface area contributed by atoms with Crippen LogP contribution in [0.5, 0.6) is 5.75 Å². The Kier molecular flexibility index (Phi) is 8.48. The number of hydrogen-bond acceptors (Lipinski definition) is 7. The fourth-order valence-corrected chi connectivity index (χ4v) is 6.15. The van der Waals surface area contributed by atoms with Gasteiger partial charge in [0.15, 0.2) is 11.0 Å². The molecule has 2 aromatic heterocycles. The number of benzene rings is 1. The lowest BCUT2D eigenvalue weighted by Crippen LogP contribution is -2.15. The van der Waals surface area contributed by atoms with Crippen molar-refractivity contribution in [1.82, 2.24) is 14.8 Å². The van der Waals surface area contributed by atoms with Gasteiger partial charge in [0.05, 0.1) is 11.3 Å². The molecule has 178 valence electrons. The second kappa shape index (κ2) is 11.7. The molecule has 0 radical (unpaired) electrons. The van der Waals surface area contributed by atoms with E-state index >= 15 is 0 Å². The number of anilines is 1. The van der Waals surface area contributed by atoms with Crippen molar-refractivity contribution in [2.45, 2.75) is 63.8 Å². The summed E-state index contributed by atoms with van der Waals surface area (Å²) in [7, 11) is 0. The molecule has 0 unspecified atom stereocenters. The van der Waals surface area contributed by atoms with Crippen LogP contribution in [0, 0.1) is 11.3 Å². The zero-order valence-electron chi connectivity index (χ0n) is 19.0. The van der Waals surface area contributed by atoms with Crippen molar-refractivity contribution in [2.24, 2.45) is 0 Å². The summed E-state index contributed by atoms with van der Waals surface area (Å²) in [5, 5.41) is 23.2. The Hall–Kier alpha value is -2.54. The van der Waals surface area contributed by atoms with Crippen molar-refractivity contribution in [1.29, 1.82) is 5.26 Å². The molecule has 1 amide bonds. The Balaban J connectivity index is 1.37. The number of thiophene rings is 1. The van der Waals surface area contributed by atoms with Crippen LogP contribution in [-0.2, 0) is 30.8 Å². The Labute approximate surface area is 212 Å². The number of amides is 1. The highest BCUT2D eigenvalue weighted by atomic mass is 35.5. The van der Waals surface area contributed by atoms with Gasteiger partial charge in [-0.25, -0.2) is 0 Å². The molecule has 34 heavy (non-hydrogen) atoms. The van der Waals surface area contributed by atoms with Crippen molar-refractivity contribution in [3.8, 4) is 11.8 Å². The first-order valence-corrected chi connectivity index (χ1v) is 13.5. The van der Waals surface area contributed by atoms with Crippen molar-refractivity contribution >= 4 is 45.6 Å². The van der Waals surface area contributed by atoms with E-state index in [-0.39, 0.29) is 18.3 Å². The Morgan fingerprint density at radius 1 is 1.24 bits per heavy atom. The highest BCUT2D eigenvalue weighted by molar-refractivity contribution is 7.99. The summed E-state index contributed by atoms with van der Waals surface area (Å²) >= 11 is 8.79. The number of nitrogens with zero attached hydrogens (tertiary/aromatic N) is 4. The van der Waals surface area contributed by atoms with Crippen LogP contribution in [0.2, 0.25) is 5.02 Å².